The molecule has 0 spiro atoms. The molecule has 2 heterocycles. The highest BCUT2D eigenvalue weighted by Crippen LogP contribution is 2.37. The van der Waals surface area contributed by atoms with Gasteiger partial charge in [-0.3, -0.25) is 0 Å². The van der Waals surface area contributed by atoms with E-state index in [2.05, 4.69) is 12.1 Å². The summed E-state index contributed by atoms with van der Waals surface area (Å²) in [6.45, 7) is 5.02. The highest BCUT2D eigenvalue weighted by Gasteiger charge is 2.48. The van der Waals surface area contributed by atoms with Crippen molar-refractivity contribution in [3.63, 3.8) is 0 Å². The molecule has 2 aliphatic heterocycles. The highest BCUT2D eigenvalue weighted by atomic mass is 16.8. The van der Waals surface area contributed by atoms with E-state index in [1.54, 1.807) is 0 Å². The van der Waals surface area contributed by atoms with E-state index in [0.717, 1.165) is 6.42 Å². The van der Waals surface area contributed by atoms with E-state index in [4.69, 9.17) is 18.9 Å². The van der Waals surface area contributed by atoms with Gasteiger partial charge in [0.15, 0.2) is 12.1 Å². The van der Waals surface area contributed by atoms with E-state index in [9.17, 15) is 0 Å². The van der Waals surface area contributed by atoms with E-state index < -0.39 is 5.79 Å². The van der Waals surface area contributed by atoms with Crippen LogP contribution in [0.3, 0.4) is 0 Å². The van der Waals surface area contributed by atoms with E-state index in [-0.39, 0.29) is 18.5 Å². The number of fused-ring (bicyclic) bond motifs is 1. The molecular formula is C15H20O4. The second-order valence-electron chi connectivity index (χ2n) is 5.54. The molecule has 0 aliphatic carbocycles. The normalized spacial score (nSPS) is 32.4. The van der Waals surface area contributed by atoms with Crippen molar-refractivity contribution in [3.8, 4) is 0 Å². The molecular weight excluding hydrogens is 244 g/mol. The minimum atomic E-state index is -0.523. The monoisotopic (exact) mass is 264 g/mol. The van der Waals surface area contributed by atoms with E-state index in [1.165, 1.54) is 5.56 Å². The fourth-order valence-electron chi connectivity index (χ4n) is 2.57. The predicted molar refractivity (Wildman–Crippen MR) is 69.4 cm³/mol. The first-order valence-corrected chi connectivity index (χ1v) is 6.75. The van der Waals surface area contributed by atoms with Gasteiger partial charge in [0.2, 0.25) is 0 Å². The molecule has 0 N–H and O–H groups in total. The Balaban J connectivity index is 1.42. The van der Waals surface area contributed by atoms with E-state index in [0.29, 0.717) is 13.2 Å². The molecule has 2 saturated heterocycles. The lowest BCUT2D eigenvalue weighted by atomic mass is 10.2. The first-order valence-electron chi connectivity index (χ1n) is 6.75. The topological polar surface area (TPSA) is 36.9 Å². The standard InChI is InChI=1S/C15H20O4/c1-15(2)18-13-8-12(17-14(13)19-15)10-16-9-11-6-4-3-5-7-11/h3-7,12-14H,8-10H2,1-2H3. The van der Waals surface area contributed by atoms with Gasteiger partial charge in [-0.25, -0.2) is 0 Å². The van der Waals surface area contributed by atoms with Gasteiger partial charge in [0.25, 0.3) is 0 Å². The van der Waals surface area contributed by atoms with Crippen molar-refractivity contribution in [1.29, 1.82) is 0 Å². The van der Waals surface area contributed by atoms with Crippen LogP contribution >= 0.6 is 0 Å². The van der Waals surface area contributed by atoms with Crippen molar-refractivity contribution >= 4 is 0 Å². The molecule has 0 amide bonds. The summed E-state index contributed by atoms with van der Waals surface area (Å²) in [5.74, 6) is -0.523. The second kappa shape index (κ2) is 5.21. The zero-order valence-corrected chi connectivity index (χ0v) is 11.4. The molecule has 3 rings (SSSR count). The number of hydrogen-bond acceptors (Lipinski definition) is 4. The van der Waals surface area contributed by atoms with Crippen LogP contribution < -0.4 is 0 Å². The molecule has 104 valence electrons. The molecule has 4 heteroatoms. The fourth-order valence-corrected chi connectivity index (χ4v) is 2.57. The molecule has 0 radical (unpaired) electrons. The average Bonchev–Trinajstić information content (AvgIpc) is 2.83. The van der Waals surface area contributed by atoms with Gasteiger partial charge < -0.3 is 18.9 Å². The summed E-state index contributed by atoms with van der Waals surface area (Å²) in [6.07, 6.45) is 0.707. The first kappa shape index (κ1) is 13.1. The SMILES string of the molecule is CC1(C)OC2CC(COCc3ccccc3)OC2O1. The molecule has 1 aromatic carbocycles. The Bertz CT molecular complexity index is 401. The van der Waals surface area contributed by atoms with Gasteiger partial charge in [0.05, 0.1) is 19.3 Å². The molecule has 2 aliphatic rings. The van der Waals surface area contributed by atoms with Gasteiger partial charge in [-0.15, -0.1) is 0 Å². The van der Waals surface area contributed by atoms with Gasteiger partial charge >= 0.3 is 0 Å². The van der Waals surface area contributed by atoms with Crippen LogP contribution in [0.4, 0.5) is 0 Å². The Labute approximate surface area is 113 Å². The quantitative estimate of drug-likeness (QED) is 0.837. The molecule has 3 atom stereocenters. The number of benzene rings is 1. The lowest BCUT2D eigenvalue weighted by Gasteiger charge is -2.20. The van der Waals surface area contributed by atoms with Crippen LogP contribution in [0.15, 0.2) is 30.3 Å². The Morgan fingerprint density at radius 2 is 2.00 bits per heavy atom. The van der Waals surface area contributed by atoms with Crippen molar-refractivity contribution in [2.24, 2.45) is 0 Å². The maximum Gasteiger partial charge on any atom is 0.187 e. The van der Waals surface area contributed by atoms with Crippen molar-refractivity contribution in [2.45, 2.75) is 51.2 Å². The fraction of sp³-hybridized carbons (Fsp3) is 0.600. The van der Waals surface area contributed by atoms with Crippen LogP contribution in [0, 0.1) is 0 Å². The zero-order chi connectivity index (χ0) is 13.3. The van der Waals surface area contributed by atoms with Crippen molar-refractivity contribution in [2.75, 3.05) is 6.61 Å². The summed E-state index contributed by atoms with van der Waals surface area (Å²) in [6, 6.07) is 10.1. The lowest BCUT2D eigenvalue weighted by molar-refractivity contribution is -0.209. The summed E-state index contributed by atoms with van der Waals surface area (Å²) >= 11 is 0. The smallest absolute Gasteiger partial charge is 0.187 e. The van der Waals surface area contributed by atoms with Gasteiger partial charge in [0.1, 0.15) is 6.10 Å². The predicted octanol–water partition coefficient (Wildman–Crippen LogP) is 2.47. The van der Waals surface area contributed by atoms with Crippen LogP contribution in [-0.2, 0) is 25.6 Å². The molecule has 4 nitrogen and oxygen atoms in total. The largest absolute Gasteiger partial charge is 0.374 e. The molecule has 0 aromatic heterocycles. The van der Waals surface area contributed by atoms with Crippen LogP contribution in [0.1, 0.15) is 25.8 Å². The van der Waals surface area contributed by atoms with E-state index >= 15 is 0 Å². The summed E-state index contributed by atoms with van der Waals surface area (Å²) in [4.78, 5) is 0. The first-order chi connectivity index (χ1) is 9.12. The Morgan fingerprint density at radius 1 is 1.21 bits per heavy atom. The zero-order valence-electron chi connectivity index (χ0n) is 11.4. The van der Waals surface area contributed by atoms with Crippen LogP contribution in [-0.4, -0.2) is 30.9 Å². The third-order valence-corrected chi connectivity index (χ3v) is 3.38. The summed E-state index contributed by atoms with van der Waals surface area (Å²) in [5, 5.41) is 0. The molecule has 0 bridgehead atoms. The molecule has 19 heavy (non-hydrogen) atoms. The lowest BCUT2D eigenvalue weighted by Crippen LogP contribution is -2.26. The van der Waals surface area contributed by atoms with Gasteiger partial charge in [-0.1, -0.05) is 30.3 Å². The van der Waals surface area contributed by atoms with Crippen LogP contribution in [0.2, 0.25) is 0 Å². The minimum absolute atomic E-state index is 0.0420. The summed E-state index contributed by atoms with van der Waals surface area (Å²) in [5.41, 5.74) is 1.18. The average molecular weight is 264 g/mol. The van der Waals surface area contributed by atoms with Crippen LogP contribution in [0.25, 0.3) is 0 Å². The van der Waals surface area contributed by atoms with Gasteiger partial charge in [-0.05, 0) is 19.4 Å². The van der Waals surface area contributed by atoms with Crippen molar-refractivity contribution in [1.82, 2.24) is 0 Å². The highest BCUT2D eigenvalue weighted by molar-refractivity contribution is 5.13. The minimum Gasteiger partial charge on any atom is -0.374 e. The van der Waals surface area contributed by atoms with Crippen LogP contribution in [0.5, 0.6) is 0 Å². The Morgan fingerprint density at radius 3 is 2.74 bits per heavy atom. The Kier molecular flexibility index (Phi) is 3.58. The maximum absolute atomic E-state index is 5.79. The molecule has 0 saturated carbocycles. The van der Waals surface area contributed by atoms with Gasteiger partial charge in [-0.2, -0.15) is 0 Å². The third-order valence-electron chi connectivity index (χ3n) is 3.38. The van der Waals surface area contributed by atoms with Crippen molar-refractivity contribution in [3.05, 3.63) is 35.9 Å². The summed E-state index contributed by atoms with van der Waals surface area (Å²) in [7, 11) is 0. The molecule has 1 aromatic rings. The summed E-state index contributed by atoms with van der Waals surface area (Å²) < 4.78 is 22.9. The third kappa shape index (κ3) is 3.15. The number of rotatable bonds is 4. The number of hydrogen-bond donors (Lipinski definition) is 0. The van der Waals surface area contributed by atoms with Crippen molar-refractivity contribution < 1.29 is 18.9 Å². The van der Waals surface area contributed by atoms with Gasteiger partial charge in [0, 0.05) is 6.42 Å². The second-order valence-corrected chi connectivity index (χ2v) is 5.54. The Hall–Kier alpha value is -0.940. The molecule has 3 unspecified atom stereocenters. The number of ether oxygens (including phenoxy) is 4. The molecule has 2 fully saturated rings. The maximum atomic E-state index is 5.79. The van der Waals surface area contributed by atoms with E-state index in [1.807, 2.05) is 32.0 Å².